The van der Waals surface area contributed by atoms with Crippen LogP contribution in [0, 0.1) is 10.1 Å². The minimum Gasteiger partial charge on any atom is -0.379 e. The number of hydrogen-bond donors (Lipinski definition) is 3. The van der Waals surface area contributed by atoms with Gasteiger partial charge in [0.15, 0.2) is 0 Å². The van der Waals surface area contributed by atoms with Crippen molar-refractivity contribution in [3.63, 3.8) is 0 Å². The summed E-state index contributed by atoms with van der Waals surface area (Å²) in [7, 11) is -4.05. The summed E-state index contributed by atoms with van der Waals surface area (Å²) in [4.78, 5) is 22.1. The van der Waals surface area contributed by atoms with Crippen molar-refractivity contribution < 1.29 is 18.1 Å². The number of sulfonamides is 1. The number of nitro benzene ring substituents is 1. The summed E-state index contributed by atoms with van der Waals surface area (Å²) in [5.74, 6) is -0.250. The normalized spacial score (nSPS) is 11.0. The van der Waals surface area contributed by atoms with Crippen molar-refractivity contribution in [2.24, 2.45) is 5.14 Å². The summed E-state index contributed by atoms with van der Waals surface area (Å²) in [6.07, 6.45) is 0.924. The summed E-state index contributed by atoms with van der Waals surface area (Å²) in [5, 5.41) is 21.7. The Labute approximate surface area is 156 Å². The highest BCUT2D eigenvalue weighted by Crippen LogP contribution is 2.27. The first-order chi connectivity index (χ1) is 12.7. The van der Waals surface area contributed by atoms with Crippen molar-refractivity contribution in [1.29, 1.82) is 0 Å². The van der Waals surface area contributed by atoms with Crippen LogP contribution in [0.2, 0.25) is 0 Å². The van der Waals surface area contributed by atoms with Crippen molar-refractivity contribution in [3.8, 4) is 0 Å². The number of carbonyl (C=O) groups is 1. The molecule has 0 atom stereocenters. The first-order valence-corrected chi connectivity index (χ1v) is 9.69. The maximum absolute atomic E-state index is 12.0. The van der Waals surface area contributed by atoms with Gasteiger partial charge in [-0.1, -0.05) is 19.1 Å². The van der Waals surface area contributed by atoms with E-state index in [-0.39, 0.29) is 29.5 Å². The van der Waals surface area contributed by atoms with Crippen LogP contribution in [0.15, 0.2) is 47.4 Å². The molecule has 0 fully saturated rings. The number of hydrogen-bond acceptors (Lipinski definition) is 6. The van der Waals surface area contributed by atoms with Crippen LogP contribution in [0.4, 0.5) is 17.1 Å². The minimum absolute atomic E-state index is 0.0739. The molecule has 0 aromatic heterocycles. The van der Waals surface area contributed by atoms with Crippen LogP contribution < -0.4 is 15.8 Å². The number of carbonyl (C=O) groups excluding carboxylic acids is 1. The Morgan fingerprint density at radius 2 is 1.96 bits per heavy atom. The Morgan fingerprint density at radius 3 is 2.59 bits per heavy atom. The molecular weight excluding hydrogens is 372 g/mol. The first-order valence-electron chi connectivity index (χ1n) is 8.14. The fourth-order valence-electron chi connectivity index (χ4n) is 2.39. The lowest BCUT2D eigenvalue weighted by molar-refractivity contribution is -0.384. The highest BCUT2D eigenvalue weighted by atomic mass is 32.2. The van der Waals surface area contributed by atoms with E-state index in [0.29, 0.717) is 5.69 Å². The molecule has 1 amide bonds. The van der Waals surface area contributed by atoms with Gasteiger partial charge in [0.25, 0.3) is 5.69 Å². The molecule has 0 saturated heterocycles. The number of benzene rings is 2. The number of aryl methyl sites for hydroxylation is 1. The monoisotopic (exact) mass is 392 g/mol. The number of nitrogens with two attached hydrogens (primary N) is 1. The Hall–Kier alpha value is -2.98. The van der Waals surface area contributed by atoms with Gasteiger partial charge in [-0.15, -0.1) is 0 Å². The maximum Gasteiger partial charge on any atom is 0.293 e. The molecule has 0 heterocycles. The van der Waals surface area contributed by atoms with Gasteiger partial charge in [-0.25, -0.2) is 13.6 Å². The first kappa shape index (κ1) is 20.3. The number of amides is 1. The van der Waals surface area contributed by atoms with Gasteiger partial charge >= 0.3 is 0 Å². The van der Waals surface area contributed by atoms with Gasteiger partial charge in [-0.2, -0.15) is 0 Å². The predicted octanol–water partition coefficient (Wildman–Crippen LogP) is 2.25. The molecule has 2 aromatic rings. The van der Waals surface area contributed by atoms with E-state index in [9.17, 15) is 23.3 Å². The molecule has 0 aliphatic carbocycles. The molecule has 9 nitrogen and oxygen atoms in total. The standard InChI is InChI=1S/C17H20N4O5S/c1-2-12-4-3-5-13(10-12)20-17(22)8-9-19-15-7-6-14(27(18,25)26)11-16(15)21(23)24/h3-7,10-11,19H,2,8-9H2,1H3,(H,20,22)(H2,18,25,26). The molecule has 2 rings (SSSR count). The smallest absolute Gasteiger partial charge is 0.293 e. The van der Waals surface area contributed by atoms with Crippen LogP contribution in [-0.4, -0.2) is 25.8 Å². The van der Waals surface area contributed by atoms with Crippen molar-refractivity contribution in [1.82, 2.24) is 0 Å². The second kappa shape index (κ2) is 8.60. The molecule has 10 heteroatoms. The van der Waals surface area contributed by atoms with E-state index in [1.54, 1.807) is 6.07 Å². The zero-order valence-electron chi connectivity index (χ0n) is 14.6. The van der Waals surface area contributed by atoms with Crippen molar-refractivity contribution >= 4 is 33.0 Å². The largest absolute Gasteiger partial charge is 0.379 e. The van der Waals surface area contributed by atoms with Crippen molar-refractivity contribution in [3.05, 3.63) is 58.1 Å². The highest BCUT2D eigenvalue weighted by Gasteiger charge is 2.19. The van der Waals surface area contributed by atoms with Crippen LogP contribution in [0.25, 0.3) is 0 Å². The lowest BCUT2D eigenvalue weighted by Gasteiger charge is -2.09. The lowest BCUT2D eigenvalue weighted by Crippen LogP contribution is -2.17. The average molecular weight is 392 g/mol. The molecule has 0 aliphatic rings. The maximum atomic E-state index is 12.0. The van der Waals surface area contributed by atoms with E-state index in [1.807, 2.05) is 25.1 Å². The number of anilines is 2. The van der Waals surface area contributed by atoms with Gasteiger partial charge in [0, 0.05) is 24.7 Å². The van der Waals surface area contributed by atoms with E-state index in [1.165, 1.54) is 12.1 Å². The topological polar surface area (TPSA) is 144 Å². The summed E-state index contributed by atoms with van der Waals surface area (Å²) >= 11 is 0. The van der Waals surface area contributed by atoms with Gasteiger partial charge in [0.05, 0.1) is 9.82 Å². The SMILES string of the molecule is CCc1cccc(NC(=O)CCNc2ccc(S(N)(=O)=O)cc2[N+](=O)[O-])c1. The minimum atomic E-state index is -4.05. The van der Waals surface area contributed by atoms with Crippen LogP contribution in [0.5, 0.6) is 0 Å². The molecular formula is C17H20N4O5S. The lowest BCUT2D eigenvalue weighted by atomic mass is 10.1. The third-order valence-corrected chi connectivity index (χ3v) is 4.69. The van der Waals surface area contributed by atoms with Crippen LogP contribution in [-0.2, 0) is 21.2 Å². The van der Waals surface area contributed by atoms with Gasteiger partial charge < -0.3 is 10.6 Å². The number of rotatable bonds is 8. The van der Waals surface area contributed by atoms with Gasteiger partial charge in [-0.3, -0.25) is 14.9 Å². The number of primary sulfonamides is 1. The average Bonchev–Trinajstić information content (AvgIpc) is 2.61. The van der Waals surface area contributed by atoms with Crippen molar-refractivity contribution in [2.75, 3.05) is 17.2 Å². The van der Waals surface area contributed by atoms with E-state index in [2.05, 4.69) is 10.6 Å². The van der Waals surface area contributed by atoms with E-state index in [4.69, 9.17) is 5.14 Å². The Bertz CT molecular complexity index is 960. The van der Waals surface area contributed by atoms with Gasteiger partial charge in [0.2, 0.25) is 15.9 Å². The summed E-state index contributed by atoms with van der Waals surface area (Å²) in [5.41, 5.74) is 1.45. The molecule has 144 valence electrons. The Balaban J connectivity index is 1.99. The van der Waals surface area contributed by atoms with Crippen LogP contribution >= 0.6 is 0 Å². The van der Waals surface area contributed by atoms with E-state index in [0.717, 1.165) is 18.1 Å². The zero-order valence-corrected chi connectivity index (χ0v) is 15.5. The third-order valence-electron chi connectivity index (χ3n) is 3.78. The molecule has 0 spiro atoms. The molecule has 2 aromatic carbocycles. The number of nitro groups is 1. The fraction of sp³-hybridized carbons (Fsp3) is 0.235. The molecule has 0 saturated carbocycles. The third kappa shape index (κ3) is 5.76. The highest BCUT2D eigenvalue weighted by molar-refractivity contribution is 7.89. The Morgan fingerprint density at radius 1 is 1.22 bits per heavy atom. The second-order valence-electron chi connectivity index (χ2n) is 5.76. The van der Waals surface area contributed by atoms with Crippen molar-refractivity contribution in [2.45, 2.75) is 24.7 Å². The molecule has 27 heavy (non-hydrogen) atoms. The second-order valence-corrected chi connectivity index (χ2v) is 7.32. The zero-order chi connectivity index (χ0) is 20.0. The van der Waals surface area contributed by atoms with Gasteiger partial charge in [-0.05, 0) is 36.2 Å². The molecule has 4 N–H and O–H groups in total. The van der Waals surface area contributed by atoms with E-state index >= 15 is 0 Å². The summed E-state index contributed by atoms with van der Waals surface area (Å²) in [6, 6.07) is 10.8. The number of nitrogens with one attached hydrogen (secondary N) is 2. The summed E-state index contributed by atoms with van der Waals surface area (Å²) < 4.78 is 22.6. The van der Waals surface area contributed by atoms with Crippen LogP contribution in [0.3, 0.4) is 0 Å². The number of nitrogens with zero attached hydrogens (tertiary/aromatic N) is 1. The molecule has 0 radical (unpaired) electrons. The van der Waals surface area contributed by atoms with Crippen LogP contribution in [0.1, 0.15) is 18.9 Å². The van der Waals surface area contributed by atoms with Gasteiger partial charge in [0.1, 0.15) is 5.69 Å². The predicted molar refractivity (Wildman–Crippen MR) is 102 cm³/mol. The summed E-state index contributed by atoms with van der Waals surface area (Å²) in [6.45, 7) is 2.15. The molecule has 0 aliphatic heterocycles. The quantitative estimate of drug-likeness (QED) is 0.464. The molecule has 0 bridgehead atoms. The van der Waals surface area contributed by atoms with E-state index < -0.39 is 20.6 Å². The molecule has 0 unspecified atom stereocenters. The Kier molecular flexibility index (Phi) is 6.48. The fourth-order valence-corrected chi connectivity index (χ4v) is 2.93.